The van der Waals surface area contributed by atoms with Crippen LogP contribution in [-0.2, 0) is 16.4 Å². The van der Waals surface area contributed by atoms with Crippen LogP contribution in [0, 0.1) is 0 Å². The Morgan fingerprint density at radius 3 is 2.37 bits per heavy atom. The van der Waals surface area contributed by atoms with Gasteiger partial charge in [-0.05, 0) is 98.3 Å². The summed E-state index contributed by atoms with van der Waals surface area (Å²) in [5, 5.41) is 6.34. The third kappa shape index (κ3) is 5.80. The number of sulfonamides is 1. The molecule has 0 saturated carbocycles. The van der Waals surface area contributed by atoms with E-state index >= 15 is 0 Å². The molecule has 4 heterocycles. The third-order valence-electron chi connectivity index (χ3n) is 7.03. The normalized spacial score (nSPS) is 17.4. The molecule has 7 nitrogen and oxygen atoms in total. The zero-order chi connectivity index (χ0) is 25.0. The van der Waals surface area contributed by atoms with Crippen molar-refractivity contribution in [2.75, 3.05) is 31.9 Å². The topological polar surface area (TPSA) is 108 Å². The van der Waals surface area contributed by atoms with Crippen molar-refractivity contribution >= 4 is 38.2 Å². The molecule has 2 saturated heterocycles. The fraction of sp³-hybridized carbons (Fsp3) is 0.500. The predicted molar refractivity (Wildman–Crippen MR) is 145 cm³/mol. The molecule has 2 aromatic heterocycles. The Balaban J connectivity index is 0.000000514. The van der Waals surface area contributed by atoms with Crippen molar-refractivity contribution in [2.45, 2.75) is 51.9 Å². The molecule has 0 unspecified atom stereocenters. The molecule has 3 aromatic rings. The highest BCUT2D eigenvalue weighted by molar-refractivity contribution is 7.89. The molecule has 190 valence electrons. The number of aryl methyl sites for hydroxylation is 1. The van der Waals surface area contributed by atoms with Crippen LogP contribution in [0.1, 0.15) is 66.2 Å². The number of fused-ring (bicyclic) bond motifs is 1. The van der Waals surface area contributed by atoms with Crippen molar-refractivity contribution < 1.29 is 13.2 Å². The van der Waals surface area contributed by atoms with Gasteiger partial charge in [0.2, 0.25) is 10.0 Å². The van der Waals surface area contributed by atoms with Crippen LogP contribution in [0.4, 0.5) is 0 Å². The Kier molecular flexibility index (Phi) is 8.31. The number of aromatic nitrogens is 1. The lowest BCUT2D eigenvalue weighted by molar-refractivity contribution is 0.100. The molecule has 0 aliphatic carbocycles. The van der Waals surface area contributed by atoms with Gasteiger partial charge in [-0.1, -0.05) is 6.92 Å². The first-order valence-corrected chi connectivity index (χ1v) is 15.0. The summed E-state index contributed by atoms with van der Waals surface area (Å²) in [7, 11) is -3.15. The fourth-order valence-electron chi connectivity index (χ4n) is 4.92. The van der Waals surface area contributed by atoms with Gasteiger partial charge in [0.25, 0.3) is 5.91 Å². The lowest BCUT2D eigenvalue weighted by atomic mass is 9.88. The molecule has 0 atom stereocenters. The number of amides is 1. The predicted octanol–water partition coefficient (Wildman–Crippen LogP) is 4.46. The van der Waals surface area contributed by atoms with Crippen LogP contribution in [0.5, 0.6) is 0 Å². The maximum atomic E-state index is 12.2. The van der Waals surface area contributed by atoms with E-state index in [9.17, 15) is 13.2 Å². The first-order valence-electron chi connectivity index (χ1n) is 12.5. The molecule has 1 amide bonds. The number of carbonyl (C=O) groups is 1. The molecule has 0 spiro atoms. The Hall–Kier alpha value is -2.20. The Morgan fingerprint density at radius 2 is 1.83 bits per heavy atom. The molecular weight excluding hydrogens is 480 g/mol. The van der Waals surface area contributed by atoms with E-state index in [4.69, 9.17) is 5.73 Å². The van der Waals surface area contributed by atoms with Crippen molar-refractivity contribution in [3.05, 3.63) is 45.8 Å². The highest BCUT2D eigenvalue weighted by Gasteiger charge is 2.29. The van der Waals surface area contributed by atoms with Crippen LogP contribution >= 0.6 is 11.3 Å². The Morgan fingerprint density at radius 1 is 1.11 bits per heavy atom. The van der Waals surface area contributed by atoms with Crippen LogP contribution in [0.15, 0.2) is 29.8 Å². The van der Waals surface area contributed by atoms with Gasteiger partial charge in [-0.3, -0.25) is 4.79 Å². The van der Waals surface area contributed by atoms with Gasteiger partial charge in [-0.2, -0.15) is 0 Å². The van der Waals surface area contributed by atoms with Gasteiger partial charge < -0.3 is 16.0 Å². The summed E-state index contributed by atoms with van der Waals surface area (Å²) in [5.41, 5.74) is 10.2. The Bertz CT molecular complexity index is 1260. The molecule has 2 aliphatic heterocycles. The number of nitrogens with two attached hydrogens (primary N) is 1. The maximum absolute atomic E-state index is 12.2. The molecule has 2 fully saturated rings. The van der Waals surface area contributed by atoms with E-state index in [1.807, 2.05) is 12.3 Å². The molecule has 35 heavy (non-hydrogen) atoms. The van der Waals surface area contributed by atoms with Crippen LogP contribution in [-0.4, -0.2) is 55.5 Å². The number of benzene rings is 1. The van der Waals surface area contributed by atoms with Crippen molar-refractivity contribution in [2.24, 2.45) is 5.73 Å². The summed E-state index contributed by atoms with van der Waals surface area (Å²) < 4.78 is 25.9. The quantitative estimate of drug-likeness (QED) is 0.450. The smallest absolute Gasteiger partial charge is 0.250 e. The number of thiophene rings is 1. The third-order valence-corrected chi connectivity index (χ3v) is 9.99. The molecule has 2 aliphatic rings. The van der Waals surface area contributed by atoms with Crippen molar-refractivity contribution in [1.29, 1.82) is 0 Å². The number of aromatic amines is 1. The van der Waals surface area contributed by atoms with Gasteiger partial charge in [0, 0.05) is 29.5 Å². The number of hydrogen-bond acceptors (Lipinski definition) is 5. The maximum Gasteiger partial charge on any atom is 0.250 e. The second-order valence-corrected chi connectivity index (χ2v) is 12.5. The zero-order valence-corrected chi connectivity index (χ0v) is 22.2. The molecule has 1 aromatic carbocycles. The highest BCUT2D eigenvalue weighted by atomic mass is 32.2. The second kappa shape index (κ2) is 11.2. The Labute approximate surface area is 212 Å². The van der Waals surface area contributed by atoms with Crippen LogP contribution in [0.2, 0.25) is 0 Å². The first kappa shape index (κ1) is 25.9. The van der Waals surface area contributed by atoms with Gasteiger partial charge in [0.1, 0.15) is 0 Å². The van der Waals surface area contributed by atoms with Gasteiger partial charge in [-0.15, -0.1) is 11.3 Å². The lowest BCUT2D eigenvalue weighted by Gasteiger charge is -2.31. The minimum atomic E-state index is -3.15. The molecule has 0 bridgehead atoms. The average molecular weight is 517 g/mol. The fourth-order valence-corrected chi connectivity index (χ4v) is 6.90. The number of nitrogens with zero attached hydrogens (tertiary/aromatic N) is 1. The minimum absolute atomic E-state index is 0.135. The van der Waals surface area contributed by atoms with E-state index < -0.39 is 15.9 Å². The van der Waals surface area contributed by atoms with Crippen LogP contribution in [0.3, 0.4) is 0 Å². The highest BCUT2D eigenvalue weighted by Crippen LogP contribution is 2.38. The average Bonchev–Trinajstić information content (AvgIpc) is 3.65. The lowest BCUT2D eigenvalue weighted by Crippen LogP contribution is -2.38. The number of hydrogen-bond donors (Lipinski definition) is 3. The number of piperidine rings is 1. The number of H-pyrrole nitrogens is 1. The standard InChI is InChI=1S/C22H27N3O3S2.C4H9N/c1-3-17-9-16(13-29-17)15-10-18-20(12-24-21(18)19(11-15)22(23)26)14-5-7-25(8-6-14)30(27,28)4-2;1-2-4-5-3-1/h9-14,24H,3-8H2,1-2H3,(H2,23,26);5H,1-4H2. The summed E-state index contributed by atoms with van der Waals surface area (Å²) in [6.45, 7) is 7.37. The van der Waals surface area contributed by atoms with Crippen molar-refractivity contribution in [1.82, 2.24) is 14.6 Å². The van der Waals surface area contributed by atoms with E-state index in [0.29, 0.717) is 18.7 Å². The van der Waals surface area contributed by atoms with Gasteiger partial charge in [0.15, 0.2) is 0 Å². The van der Waals surface area contributed by atoms with E-state index in [2.05, 4.69) is 34.7 Å². The molecule has 5 rings (SSSR count). The van der Waals surface area contributed by atoms with Gasteiger partial charge in [-0.25, -0.2) is 12.7 Å². The zero-order valence-electron chi connectivity index (χ0n) is 20.6. The first-order chi connectivity index (χ1) is 16.8. The SMILES string of the molecule is C1CCNC1.CCc1cc(-c2cc(C(N)=O)c3[nH]cc(C4CCN(S(=O)(=O)CC)CC4)c3c2)cs1. The van der Waals surface area contributed by atoms with Crippen LogP contribution < -0.4 is 11.1 Å². The van der Waals surface area contributed by atoms with E-state index in [1.54, 1.807) is 22.6 Å². The summed E-state index contributed by atoms with van der Waals surface area (Å²) in [6.07, 6.45) is 7.24. The molecule has 4 N–H and O–H groups in total. The van der Waals surface area contributed by atoms with Gasteiger partial charge >= 0.3 is 0 Å². The largest absolute Gasteiger partial charge is 0.366 e. The summed E-state index contributed by atoms with van der Waals surface area (Å²) in [6, 6.07) is 6.16. The van der Waals surface area contributed by atoms with E-state index in [0.717, 1.165) is 46.9 Å². The number of rotatable bonds is 6. The van der Waals surface area contributed by atoms with Crippen molar-refractivity contribution in [3.8, 4) is 11.1 Å². The molecular formula is C26H36N4O3S2. The van der Waals surface area contributed by atoms with E-state index in [1.165, 1.54) is 30.8 Å². The summed E-state index contributed by atoms with van der Waals surface area (Å²) >= 11 is 1.72. The number of primary amides is 1. The van der Waals surface area contributed by atoms with Crippen LogP contribution in [0.25, 0.3) is 22.0 Å². The van der Waals surface area contributed by atoms with Crippen molar-refractivity contribution in [3.63, 3.8) is 0 Å². The molecule has 9 heteroatoms. The second-order valence-electron chi connectivity index (χ2n) is 9.24. The minimum Gasteiger partial charge on any atom is -0.366 e. The summed E-state index contributed by atoms with van der Waals surface area (Å²) in [4.78, 5) is 16.7. The van der Waals surface area contributed by atoms with Gasteiger partial charge in [0.05, 0.1) is 16.8 Å². The summed E-state index contributed by atoms with van der Waals surface area (Å²) in [5.74, 6) is -0.0759. The molecule has 0 radical (unpaired) electrons. The number of carbonyl (C=O) groups excluding carboxylic acids is 1. The van der Waals surface area contributed by atoms with E-state index in [-0.39, 0.29) is 11.7 Å². The number of nitrogens with one attached hydrogen (secondary N) is 2. The monoisotopic (exact) mass is 516 g/mol.